The van der Waals surface area contributed by atoms with Crippen molar-refractivity contribution in [3.8, 4) is 11.5 Å². The molecule has 1 heterocycles. The van der Waals surface area contributed by atoms with Crippen molar-refractivity contribution < 1.29 is 9.47 Å². The molecule has 0 saturated carbocycles. The maximum absolute atomic E-state index is 5.25. The highest BCUT2D eigenvalue weighted by atomic mass is 16.5. The summed E-state index contributed by atoms with van der Waals surface area (Å²) in [6.45, 7) is 3.63. The van der Waals surface area contributed by atoms with Gasteiger partial charge in [-0.15, -0.1) is 0 Å². The highest BCUT2D eigenvalue weighted by Gasteiger charge is 2.11. The Kier molecular flexibility index (Phi) is 5.74. The Morgan fingerprint density at radius 3 is 1.69 bits per heavy atom. The van der Waals surface area contributed by atoms with E-state index in [1.807, 2.05) is 36.5 Å². The van der Waals surface area contributed by atoms with Gasteiger partial charge in [0.15, 0.2) is 0 Å². The maximum atomic E-state index is 5.25. The summed E-state index contributed by atoms with van der Waals surface area (Å²) < 4.78 is 10.5. The van der Waals surface area contributed by atoms with Crippen molar-refractivity contribution >= 4 is 5.82 Å². The molecular formula is C22H24N2O2. The van der Waals surface area contributed by atoms with Crippen LogP contribution in [0.1, 0.15) is 16.7 Å². The van der Waals surface area contributed by atoms with Gasteiger partial charge in [0.1, 0.15) is 17.3 Å². The van der Waals surface area contributed by atoms with E-state index in [4.69, 9.17) is 9.47 Å². The fourth-order valence-electron chi connectivity index (χ4n) is 2.81. The summed E-state index contributed by atoms with van der Waals surface area (Å²) in [5.41, 5.74) is 3.62. The minimum atomic E-state index is 0.770. The molecule has 1 aromatic heterocycles. The molecule has 26 heavy (non-hydrogen) atoms. The molecule has 4 heteroatoms. The van der Waals surface area contributed by atoms with Gasteiger partial charge in [-0.3, -0.25) is 0 Å². The molecule has 0 unspecified atom stereocenters. The monoisotopic (exact) mass is 348 g/mol. The Morgan fingerprint density at radius 2 is 1.27 bits per heavy atom. The van der Waals surface area contributed by atoms with E-state index in [1.165, 1.54) is 16.7 Å². The Labute approximate surface area is 155 Å². The van der Waals surface area contributed by atoms with Gasteiger partial charge in [-0.1, -0.05) is 24.3 Å². The second kappa shape index (κ2) is 8.39. The van der Waals surface area contributed by atoms with E-state index >= 15 is 0 Å². The van der Waals surface area contributed by atoms with Gasteiger partial charge >= 0.3 is 0 Å². The zero-order valence-electron chi connectivity index (χ0n) is 15.5. The number of methoxy groups -OCH3 is 2. The van der Waals surface area contributed by atoms with E-state index < -0.39 is 0 Å². The summed E-state index contributed by atoms with van der Waals surface area (Å²) in [6, 6.07) is 20.5. The van der Waals surface area contributed by atoms with Crippen molar-refractivity contribution in [1.82, 2.24) is 4.98 Å². The molecule has 3 rings (SSSR count). The molecule has 0 fully saturated rings. The van der Waals surface area contributed by atoms with Gasteiger partial charge in [0, 0.05) is 19.3 Å². The number of rotatable bonds is 7. The van der Waals surface area contributed by atoms with Crippen LogP contribution in [0.25, 0.3) is 0 Å². The van der Waals surface area contributed by atoms with Crippen molar-refractivity contribution in [3.05, 3.63) is 83.6 Å². The van der Waals surface area contributed by atoms with Crippen LogP contribution in [0.2, 0.25) is 0 Å². The van der Waals surface area contributed by atoms with E-state index in [2.05, 4.69) is 47.1 Å². The first-order valence-corrected chi connectivity index (χ1v) is 8.61. The normalized spacial score (nSPS) is 10.4. The zero-order valence-corrected chi connectivity index (χ0v) is 15.5. The Bertz CT molecular complexity index is 780. The number of ether oxygens (including phenoxy) is 2. The van der Waals surface area contributed by atoms with Crippen molar-refractivity contribution in [2.24, 2.45) is 0 Å². The van der Waals surface area contributed by atoms with Crippen LogP contribution in [0.5, 0.6) is 11.5 Å². The number of hydrogen-bond donors (Lipinski definition) is 0. The van der Waals surface area contributed by atoms with Gasteiger partial charge in [-0.2, -0.15) is 0 Å². The molecule has 0 amide bonds. The first-order valence-electron chi connectivity index (χ1n) is 8.61. The maximum Gasteiger partial charge on any atom is 0.129 e. The lowest BCUT2D eigenvalue weighted by Crippen LogP contribution is -2.23. The number of aromatic nitrogens is 1. The molecule has 4 nitrogen and oxygen atoms in total. The fraction of sp³-hybridized carbons (Fsp3) is 0.227. The molecule has 0 bridgehead atoms. The van der Waals surface area contributed by atoms with Gasteiger partial charge in [0.2, 0.25) is 0 Å². The Hall–Kier alpha value is -3.01. The molecule has 0 radical (unpaired) electrons. The number of aryl methyl sites for hydroxylation is 1. The van der Waals surface area contributed by atoms with E-state index in [9.17, 15) is 0 Å². The van der Waals surface area contributed by atoms with Crippen LogP contribution >= 0.6 is 0 Å². The second-order valence-electron chi connectivity index (χ2n) is 6.24. The van der Waals surface area contributed by atoms with Crippen LogP contribution in [0.4, 0.5) is 5.82 Å². The van der Waals surface area contributed by atoms with Gasteiger partial charge in [0.25, 0.3) is 0 Å². The summed E-state index contributed by atoms with van der Waals surface area (Å²) in [7, 11) is 3.36. The molecule has 3 aromatic rings. The van der Waals surface area contributed by atoms with E-state index in [0.29, 0.717) is 0 Å². The van der Waals surface area contributed by atoms with Crippen LogP contribution in [0.15, 0.2) is 66.9 Å². The SMILES string of the molecule is COc1ccc(CN(Cc2ccc(OC)cc2)c2cc(C)ccn2)cc1. The largest absolute Gasteiger partial charge is 0.497 e. The molecular weight excluding hydrogens is 324 g/mol. The summed E-state index contributed by atoms with van der Waals surface area (Å²) >= 11 is 0. The van der Waals surface area contributed by atoms with Crippen molar-refractivity contribution in [2.75, 3.05) is 19.1 Å². The lowest BCUT2D eigenvalue weighted by molar-refractivity contribution is 0.414. The molecule has 0 aliphatic rings. The average molecular weight is 348 g/mol. The van der Waals surface area contributed by atoms with Crippen LogP contribution in [-0.2, 0) is 13.1 Å². The molecule has 0 aliphatic heterocycles. The summed E-state index contributed by atoms with van der Waals surface area (Å²) in [6.07, 6.45) is 1.86. The third-order valence-corrected chi connectivity index (χ3v) is 4.29. The smallest absolute Gasteiger partial charge is 0.129 e. The lowest BCUT2D eigenvalue weighted by Gasteiger charge is -2.24. The van der Waals surface area contributed by atoms with Crippen LogP contribution < -0.4 is 14.4 Å². The van der Waals surface area contributed by atoms with Gasteiger partial charge < -0.3 is 14.4 Å². The second-order valence-corrected chi connectivity index (χ2v) is 6.24. The van der Waals surface area contributed by atoms with Crippen LogP contribution in [0, 0.1) is 6.92 Å². The average Bonchev–Trinajstić information content (AvgIpc) is 2.68. The quantitative estimate of drug-likeness (QED) is 0.624. The molecule has 134 valence electrons. The fourth-order valence-corrected chi connectivity index (χ4v) is 2.81. The van der Waals surface area contributed by atoms with Crippen LogP contribution in [0.3, 0.4) is 0 Å². The molecule has 2 aromatic carbocycles. The van der Waals surface area contributed by atoms with Gasteiger partial charge in [0.05, 0.1) is 14.2 Å². The standard InChI is InChI=1S/C22H24N2O2/c1-17-12-13-23-22(14-17)24(15-18-4-8-20(25-2)9-5-18)16-19-6-10-21(26-3)11-7-19/h4-14H,15-16H2,1-3H3. The van der Waals surface area contributed by atoms with Gasteiger partial charge in [-0.25, -0.2) is 4.98 Å². The third kappa shape index (κ3) is 4.54. The van der Waals surface area contributed by atoms with Gasteiger partial charge in [-0.05, 0) is 60.0 Å². The number of anilines is 1. The zero-order chi connectivity index (χ0) is 18.4. The summed E-state index contributed by atoms with van der Waals surface area (Å²) in [5.74, 6) is 2.70. The van der Waals surface area contributed by atoms with Crippen molar-refractivity contribution in [3.63, 3.8) is 0 Å². The highest BCUT2D eigenvalue weighted by molar-refractivity contribution is 5.43. The molecule has 0 aliphatic carbocycles. The predicted molar refractivity (Wildman–Crippen MR) is 105 cm³/mol. The summed E-state index contributed by atoms with van der Waals surface area (Å²) in [5, 5.41) is 0. The molecule has 0 spiro atoms. The van der Waals surface area contributed by atoms with E-state index in [0.717, 1.165) is 30.4 Å². The Morgan fingerprint density at radius 1 is 0.769 bits per heavy atom. The van der Waals surface area contributed by atoms with Crippen molar-refractivity contribution in [2.45, 2.75) is 20.0 Å². The van der Waals surface area contributed by atoms with Crippen LogP contribution in [-0.4, -0.2) is 19.2 Å². The summed E-state index contributed by atoms with van der Waals surface area (Å²) in [4.78, 5) is 6.85. The number of pyridine rings is 1. The molecule has 0 saturated heterocycles. The first-order chi connectivity index (χ1) is 12.7. The van der Waals surface area contributed by atoms with E-state index in [1.54, 1.807) is 14.2 Å². The number of benzene rings is 2. The molecule has 0 N–H and O–H groups in total. The Balaban J connectivity index is 1.84. The number of nitrogens with zero attached hydrogens (tertiary/aromatic N) is 2. The third-order valence-electron chi connectivity index (χ3n) is 4.29. The van der Waals surface area contributed by atoms with E-state index in [-0.39, 0.29) is 0 Å². The van der Waals surface area contributed by atoms with Crippen molar-refractivity contribution in [1.29, 1.82) is 0 Å². The lowest BCUT2D eigenvalue weighted by atomic mass is 10.1. The first kappa shape index (κ1) is 17.8. The highest BCUT2D eigenvalue weighted by Crippen LogP contribution is 2.21. The number of hydrogen-bond acceptors (Lipinski definition) is 4. The molecule has 0 atom stereocenters. The predicted octanol–water partition coefficient (Wildman–Crippen LogP) is 4.61. The topological polar surface area (TPSA) is 34.6 Å². The minimum Gasteiger partial charge on any atom is -0.497 e. The minimum absolute atomic E-state index is 0.770.